The van der Waals surface area contributed by atoms with Crippen molar-refractivity contribution in [2.24, 2.45) is 0 Å². The molecule has 5 rings (SSSR count). The predicted octanol–water partition coefficient (Wildman–Crippen LogP) is 5.11. The molecule has 3 aromatic rings. The van der Waals surface area contributed by atoms with Crippen molar-refractivity contribution < 1.29 is 14.2 Å². The molecule has 1 aliphatic heterocycles. The molecule has 0 amide bonds. The maximum Gasteiger partial charge on any atom is 0.266 e. The largest absolute Gasteiger partial charge is 0.457 e. The van der Waals surface area contributed by atoms with Crippen molar-refractivity contribution in [3.8, 4) is 28.7 Å². The standard InChI is InChI=1S/C26H24N2O4/c27-17-23-22(18-6-8-21(9-7-18)32-20-4-2-1-3-5-20)16-24(28-25(23)29)19-10-12-26(13-11-19)30-14-15-31-26/h1-9,16,19H,10-15H2,(H,28,29). The Balaban J connectivity index is 1.40. The summed E-state index contributed by atoms with van der Waals surface area (Å²) in [5.41, 5.74) is 2.09. The van der Waals surface area contributed by atoms with Gasteiger partial charge >= 0.3 is 0 Å². The molecule has 1 spiro atoms. The maximum atomic E-state index is 12.7. The number of hydrogen-bond acceptors (Lipinski definition) is 5. The Morgan fingerprint density at radius 3 is 2.28 bits per heavy atom. The van der Waals surface area contributed by atoms with Gasteiger partial charge in [-0.05, 0) is 54.7 Å². The van der Waals surface area contributed by atoms with E-state index in [1.165, 1.54) is 0 Å². The molecule has 1 aliphatic carbocycles. The lowest BCUT2D eigenvalue weighted by molar-refractivity contribution is -0.178. The molecular weight excluding hydrogens is 404 g/mol. The molecule has 0 atom stereocenters. The Hall–Kier alpha value is -3.40. The normalized spacial score (nSPS) is 17.8. The number of hydrogen-bond donors (Lipinski definition) is 1. The summed E-state index contributed by atoms with van der Waals surface area (Å²) in [4.78, 5) is 15.7. The van der Waals surface area contributed by atoms with Crippen LogP contribution in [0.4, 0.5) is 0 Å². The van der Waals surface area contributed by atoms with Crippen LogP contribution in [0.3, 0.4) is 0 Å². The molecule has 0 bridgehead atoms. The quantitative estimate of drug-likeness (QED) is 0.624. The van der Waals surface area contributed by atoms with Crippen LogP contribution in [0.15, 0.2) is 65.5 Å². The summed E-state index contributed by atoms with van der Waals surface area (Å²) in [7, 11) is 0. The van der Waals surface area contributed by atoms with E-state index in [-0.39, 0.29) is 17.0 Å². The van der Waals surface area contributed by atoms with E-state index in [0.29, 0.717) is 24.5 Å². The number of H-pyrrole nitrogens is 1. The summed E-state index contributed by atoms with van der Waals surface area (Å²) in [6.45, 7) is 1.29. The molecule has 2 fully saturated rings. The number of ether oxygens (including phenoxy) is 3. The van der Waals surface area contributed by atoms with Gasteiger partial charge in [-0.25, -0.2) is 0 Å². The third-order valence-corrected chi connectivity index (χ3v) is 6.31. The van der Waals surface area contributed by atoms with Crippen LogP contribution < -0.4 is 10.3 Å². The van der Waals surface area contributed by atoms with E-state index in [0.717, 1.165) is 42.7 Å². The van der Waals surface area contributed by atoms with E-state index in [2.05, 4.69) is 11.1 Å². The fourth-order valence-electron chi connectivity index (χ4n) is 4.62. The molecule has 6 heteroatoms. The third-order valence-electron chi connectivity index (χ3n) is 6.31. The second-order valence-electron chi connectivity index (χ2n) is 8.28. The van der Waals surface area contributed by atoms with E-state index in [1.54, 1.807) is 0 Å². The van der Waals surface area contributed by atoms with Gasteiger partial charge in [-0.15, -0.1) is 0 Å². The molecule has 1 saturated heterocycles. The molecular formula is C26H24N2O4. The molecule has 2 aromatic carbocycles. The number of pyridine rings is 1. The predicted molar refractivity (Wildman–Crippen MR) is 120 cm³/mol. The SMILES string of the molecule is N#Cc1c(-c2ccc(Oc3ccccc3)cc2)cc(C2CCC3(CC2)OCCO3)[nH]c1=O. The van der Waals surface area contributed by atoms with Crippen LogP contribution >= 0.6 is 0 Å². The molecule has 0 radical (unpaired) electrons. The lowest BCUT2D eigenvalue weighted by Crippen LogP contribution is -2.35. The number of aromatic nitrogens is 1. The van der Waals surface area contributed by atoms with Crippen LogP contribution in [-0.2, 0) is 9.47 Å². The topological polar surface area (TPSA) is 84.3 Å². The average molecular weight is 428 g/mol. The Morgan fingerprint density at radius 1 is 0.969 bits per heavy atom. The third kappa shape index (κ3) is 4.05. The smallest absolute Gasteiger partial charge is 0.266 e. The fraction of sp³-hybridized carbons (Fsp3) is 0.308. The Bertz CT molecular complexity index is 1180. The van der Waals surface area contributed by atoms with Gasteiger partial charge in [-0.2, -0.15) is 5.26 Å². The summed E-state index contributed by atoms with van der Waals surface area (Å²) >= 11 is 0. The first-order valence-corrected chi connectivity index (χ1v) is 10.9. The zero-order valence-corrected chi connectivity index (χ0v) is 17.7. The van der Waals surface area contributed by atoms with Gasteiger partial charge in [0, 0.05) is 24.1 Å². The van der Waals surface area contributed by atoms with Gasteiger partial charge in [0.05, 0.1) is 13.2 Å². The molecule has 1 aromatic heterocycles. The van der Waals surface area contributed by atoms with E-state index in [1.807, 2.05) is 60.7 Å². The minimum absolute atomic E-state index is 0.125. The first-order valence-electron chi connectivity index (χ1n) is 10.9. The number of para-hydroxylation sites is 1. The van der Waals surface area contributed by atoms with Crippen LogP contribution in [-0.4, -0.2) is 24.0 Å². The number of nitrogens with zero attached hydrogens (tertiary/aromatic N) is 1. The fourth-order valence-corrected chi connectivity index (χ4v) is 4.62. The summed E-state index contributed by atoms with van der Waals surface area (Å²) in [5.74, 6) is 1.20. The van der Waals surface area contributed by atoms with Gasteiger partial charge in [0.1, 0.15) is 23.1 Å². The Kier molecular flexibility index (Phi) is 5.52. The lowest BCUT2D eigenvalue weighted by Gasteiger charge is -2.35. The number of nitriles is 1. The van der Waals surface area contributed by atoms with Crippen molar-refractivity contribution in [3.63, 3.8) is 0 Å². The zero-order valence-electron chi connectivity index (χ0n) is 17.7. The van der Waals surface area contributed by atoms with Gasteiger partial charge in [0.15, 0.2) is 5.79 Å². The molecule has 2 aliphatic rings. The first-order chi connectivity index (χ1) is 15.7. The highest BCUT2D eigenvalue weighted by atomic mass is 16.7. The van der Waals surface area contributed by atoms with Crippen molar-refractivity contribution >= 4 is 0 Å². The highest BCUT2D eigenvalue weighted by Crippen LogP contribution is 2.42. The molecule has 32 heavy (non-hydrogen) atoms. The summed E-state index contributed by atoms with van der Waals surface area (Å²) in [6.07, 6.45) is 3.34. The van der Waals surface area contributed by atoms with Gasteiger partial charge in [-0.1, -0.05) is 30.3 Å². The molecule has 6 nitrogen and oxygen atoms in total. The van der Waals surface area contributed by atoms with E-state index < -0.39 is 5.79 Å². The zero-order chi connectivity index (χ0) is 22.0. The van der Waals surface area contributed by atoms with Gasteiger partial charge in [0.25, 0.3) is 5.56 Å². The average Bonchev–Trinajstić information content (AvgIpc) is 3.28. The van der Waals surface area contributed by atoms with Crippen molar-refractivity contribution in [2.75, 3.05) is 13.2 Å². The number of benzene rings is 2. The van der Waals surface area contributed by atoms with E-state index in [4.69, 9.17) is 14.2 Å². The highest BCUT2D eigenvalue weighted by Gasteiger charge is 2.40. The minimum atomic E-state index is -0.444. The van der Waals surface area contributed by atoms with Gasteiger partial charge < -0.3 is 19.2 Å². The van der Waals surface area contributed by atoms with Crippen molar-refractivity contribution in [2.45, 2.75) is 37.4 Å². The summed E-state index contributed by atoms with van der Waals surface area (Å²) in [5, 5.41) is 9.62. The number of nitrogens with one attached hydrogen (secondary N) is 1. The lowest BCUT2D eigenvalue weighted by atomic mass is 9.82. The van der Waals surface area contributed by atoms with Crippen LogP contribution in [0.1, 0.15) is 42.9 Å². The van der Waals surface area contributed by atoms with Gasteiger partial charge in [-0.3, -0.25) is 4.79 Å². The maximum absolute atomic E-state index is 12.7. The Morgan fingerprint density at radius 2 is 1.62 bits per heavy atom. The Labute approximate surface area is 186 Å². The number of aromatic amines is 1. The van der Waals surface area contributed by atoms with Gasteiger partial charge in [0.2, 0.25) is 0 Å². The van der Waals surface area contributed by atoms with Crippen LogP contribution in [0.25, 0.3) is 11.1 Å². The monoisotopic (exact) mass is 428 g/mol. The first kappa shape index (κ1) is 20.5. The van der Waals surface area contributed by atoms with Crippen LogP contribution in [0, 0.1) is 11.3 Å². The summed E-state index contributed by atoms with van der Waals surface area (Å²) in [6, 6.07) is 21.0. The van der Waals surface area contributed by atoms with E-state index >= 15 is 0 Å². The second-order valence-corrected chi connectivity index (χ2v) is 8.28. The minimum Gasteiger partial charge on any atom is -0.457 e. The molecule has 2 heterocycles. The van der Waals surface area contributed by atoms with Crippen LogP contribution in [0.2, 0.25) is 0 Å². The van der Waals surface area contributed by atoms with Crippen molar-refractivity contribution in [1.82, 2.24) is 4.98 Å². The molecule has 162 valence electrons. The second kappa shape index (κ2) is 8.62. The molecule has 1 saturated carbocycles. The van der Waals surface area contributed by atoms with Crippen molar-refractivity contribution in [3.05, 3.63) is 82.3 Å². The van der Waals surface area contributed by atoms with E-state index in [9.17, 15) is 10.1 Å². The van der Waals surface area contributed by atoms with Crippen LogP contribution in [0.5, 0.6) is 11.5 Å². The van der Waals surface area contributed by atoms with Crippen molar-refractivity contribution in [1.29, 1.82) is 5.26 Å². The number of rotatable bonds is 4. The summed E-state index contributed by atoms with van der Waals surface area (Å²) < 4.78 is 17.5. The highest BCUT2D eigenvalue weighted by molar-refractivity contribution is 5.71. The molecule has 1 N–H and O–H groups in total. The molecule has 0 unspecified atom stereocenters.